The average Bonchev–Trinajstić information content (AvgIpc) is 2.26. The summed E-state index contributed by atoms with van der Waals surface area (Å²) < 4.78 is 24.2. The van der Waals surface area contributed by atoms with E-state index in [-0.39, 0.29) is 22.9 Å². The first kappa shape index (κ1) is 14.4. The number of halogens is 2. The maximum atomic E-state index is 11.8. The SMILES string of the molecule is O=[N+]([O-])c1cc(Br)ccc1S(=O)(=O)CCCCl. The monoisotopic (exact) mass is 341 g/mol. The molecule has 94 valence electrons. The molecule has 0 unspecified atom stereocenters. The van der Waals surface area contributed by atoms with Gasteiger partial charge in [0.1, 0.15) is 4.90 Å². The van der Waals surface area contributed by atoms with Crippen molar-refractivity contribution in [2.24, 2.45) is 0 Å². The molecule has 0 radical (unpaired) electrons. The van der Waals surface area contributed by atoms with E-state index in [4.69, 9.17) is 11.6 Å². The van der Waals surface area contributed by atoms with Crippen molar-refractivity contribution in [3.05, 3.63) is 32.8 Å². The first-order valence-corrected chi connectivity index (χ1v) is 7.59. The van der Waals surface area contributed by atoms with Gasteiger partial charge in [-0.3, -0.25) is 10.1 Å². The van der Waals surface area contributed by atoms with Crippen LogP contribution in [-0.4, -0.2) is 25.0 Å². The lowest BCUT2D eigenvalue weighted by atomic mass is 10.3. The zero-order valence-electron chi connectivity index (χ0n) is 8.60. The molecular weight excluding hydrogens is 334 g/mol. The summed E-state index contributed by atoms with van der Waals surface area (Å²) in [5.41, 5.74) is -0.422. The molecule has 5 nitrogen and oxygen atoms in total. The Morgan fingerprint density at radius 3 is 2.59 bits per heavy atom. The number of hydrogen-bond acceptors (Lipinski definition) is 4. The van der Waals surface area contributed by atoms with E-state index in [1.165, 1.54) is 18.2 Å². The normalized spacial score (nSPS) is 11.4. The third-order valence-corrected chi connectivity index (χ3v) is 4.60. The van der Waals surface area contributed by atoms with Gasteiger partial charge in [0.25, 0.3) is 5.69 Å². The standard InChI is InChI=1S/C9H9BrClNO4S/c10-7-2-3-9(8(6-7)12(13)14)17(15,16)5-1-4-11/h2-3,6H,1,4-5H2. The largest absolute Gasteiger partial charge is 0.289 e. The molecule has 0 aliphatic rings. The Morgan fingerprint density at radius 2 is 2.06 bits per heavy atom. The van der Waals surface area contributed by atoms with Gasteiger partial charge in [-0.25, -0.2) is 8.42 Å². The average molecular weight is 343 g/mol. The van der Waals surface area contributed by atoms with E-state index in [9.17, 15) is 18.5 Å². The lowest BCUT2D eigenvalue weighted by Gasteiger charge is -2.04. The van der Waals surface area contributed by atoms with E-state index in [1.54, 1.807) is 0 Å². The number of sulfone groups is 1. The molecule has 1 aromatic rings. The summed E-state index contributed by atoms with van der Waals surface area (Å²) in [5, 5.41) is 10.8. The quantitative estimate of drug-likeness (QED) is 0.468. The molecule has 1 rings (SSSR count). The van der Waals surface area contributed by atoms with Gasteiger partial charge in [-0.15, -0.1) is 11.6 Å². The Balaban J connectivity index is 3.26. The number of nitro groups is 1. The van der Waals surface area contributed by atoms with Crippen LogP contribution in [0.15, 0.2) is 27.6 Å². The lowest BCUT2D eigenvalue weighted by Crippen LogP contribution is -2.09. The fourth-order valence-corrected chi connectivity index (χ4v) is 3.36. The van der Waals surface area contributed by atoms with Gasteiger partial charge in [-0.1, -0.05) is 15.9 Å². The number of nitrogens with zero attached hydrogens (tertiary/aromatic N) is 1. The summed E-state index contributed by atoms with van der Waals surface area (Å²) >= 11 is 8.48. The van der Waals surface area contributed by atoms with Gasteiger partial charge < -0.3 is 0 Å². The van der Waals surface area contributed by atoms with Crippen molar-refractivity contribution in [1.82, 2.24) is 0 Å². The first-order chi connectivity index (χ1) is 7.88. The number of alkyl halides is 1. The fourth-order valence-electron chi connectivity index (χ4n) is 1.25. The van der Waals surface area contributed by atoms with Crippen LogP contribution in [0.2, 0.25) is 0 Å². The highest BCUT2D eigenvalue weighted by molar-refractivity contribution is 9.10. The maximum Gasteiger partial charge on any atom is 0.289 e. The lowest BCUT2D eigenvalue weighted by molar-refractivity contribution is -0.387. The summed E-state index contributed by atoms with van der Waals surface area (Å²) in [7, 11) is -3.66. The molecule has 0 bridgehead atoms. The molecule has 0 aliphatic heterocycles. The molecule has 0 aromatic heterocycles. The van der Waals surface area contributed by atoms with Crippen LogP contribution >= 0.6 is 27.5 Å². The Kier molecular flexibility index (Phi) is 4.91. The molecular formula is C9H9BrClNO4S. The minimum atomic E-state index is -3.66. The summed E-state index contributed by atoms with van der Waals surface area (Å²) in [6.45, 7) is 0. The van der Waals surface area contributed by atoms with Gasteiger partial charge in [0.2, 0.25) is 0 Å². The van der Waals surface area contributed by atoms with Crippen LogP contribution in [0.25, 0.3) is 0 Å². The third kappa shape index (κ3) is 3.65. The van der Waals surface area contributed by atoms with Crippen LogP contribution in [0, 0.1) is 10.1 Å². The van der Waals surface area contributed by atoms with Gasteiger partial charge in [-0.2, -0.15) is 0 Å². The Labute approximate surface area is 112 Å². The highest BCUT2D eigenvalue weighted by Crippen LogP contribution is 2.28. The van der Waals surface area contributed by atoms with Crippen LogP contribution < -0.4 is 0 Å². The predicted octanol–water partition coefficient (Wildman–Crippen LogP) is 2.76. The van der Waals surface area contributed by atoms with Crippen LogP contribution in [0.4, 0.5) is 5.69 Å². The number of rotatable bonds is 5. The van der Waals surface area contributed by atoms with E-state index in [0.717, 1.165) is 0 Å². The highest BCUT2D eigenvalue weighted by Gasteiger charge is 2.25. The smallest absolute Gasteiger partial charge is 0.258 e. The number of nitro benzene ring substituents is 1. The highest BCUT2D eigenvalue weighted by atomic mass is 79.9. The Bertz CT molecular complexity index is 532. The third-order valence-electron chi connectivity index (χ3n) is 2.00. The zero-order chi connectivity index (χ0) is 13.1. The molecule has 0 aliphatic carbocycles. The molecule has 0 fully saturated rings. The van der Waals surface area contributed by atoms with Gasteiger partial charge in [-0.05, 0) is 18.6 Å². The summed E-state index contributed by atoms with van der Waals surface area (Å²) in [6, 6.07) is 3.86. The molecule has 0 spiro atoms. The van der Waals surface area contributed by atoms with Crippen LogP contribution in [0.1, 0.15) is 6.42 Å². The van der Waals surface area contributed by atoms with Crippen molar-refractivity contribution >= 4 is 43.1 Å². The topological polar surface area (TPSA) is 77.3 Å². The molecule has 0 saturated heterocycles. The number of hydrogen-bond donors (Lipinski definition) is 0. The molecule has 0 heterocycles. The molecule has 17 heavy (non-hydrogen) atoms. The molecule has 0 N–H and O–H groups in total. The van der Waals surface area contributed by atoms with E-state index >= 15 is 0 Å². The first-order valence-electron chi connectivity index (χ1n) is 4.61. The Hall–Kier alpha value is -0.660. The summed E-state index contributed by atoms with van der Waals surface area (Å²) in [4.78, 5) is 9.81. The van der Waals surface area contributed by atoms with Crippen molar-refractivity contribution in [2.75, 3.05) is 11.6 Å². The fraction of sp³-hybridized carbons (Fsp3) is 0.333. The molecule has 0 amide bonds. The molecule has 8 heteroatoms. The maximum absolute atomic E-state index is 11.8. The Morgan fingerprint density at radius 1 is 1.41 bits per heavy atom. The second-order valence-electron chi connectivity index (χ2n) is 3.23. The van der Waals surface area contributed by atoms with Crippen molar-refractivity contribution in [2.45, 2.75) is 11.3 Å². The van der Waals surface area contributed by atoms with Crippen molar-refractivity contribution in [1.29, 1.82) is 0 Å². The van der Waals surface area contributed by atoms with Crippen molar-refractivity contribution < 1.29 is 13.3 Å². The van der Waals surface area contributed by atoms with Crippen molar-refractivity contribution in [3.63, 3.8) is 0 Å². The summed E-state index contributed by atoms with van der Waals surface area (Å²) in [6.07, 6.45) is 0.261. The molecule has 1 aromatic carbocycles. The molecule has 0 atom stereocenters. The summed E-state index contributed by atoms with van der Waals surface area (Å²) in [5.74, 6) is 0.00251. The van der Waals surface area contributed by atoms with Gasteiger partial charge >= 0.3 is 0 Å². The zero-order valence-corrected chi connectivity index (χ0v) is 11.8. The van der Waals surface area contributed by atoms with Crippen LogP contribution in [0.5, 0.6) is 0 Å². The van der Waals surface area contributed by atoms with Gasteiger partial charge in [0.05, 0.1) is 10.7 Å². The van der Waals surface area contributed by atoms with Crippen LogP contribution in [-0.2, 0) is 9.84 Å². The second-order valence-corrected chi connectivity index (χ2v) is 6.60. The van der Waals surface area contributed by atoms with E-state index in [2.05, 4.69) is 15.9 Å². The van der Waals surface area contributed by atoms with Gasteiger partial charge in [0, 0.05) is 16.4 Å². The minimum Gasteiger partial charge on any atom is -0.258 e. The van der Waals surface area contributed by atoms with E-state index in [1.807, 2.05) is 0 Å². The predicted molar refractivity (Wildman–Crippen MR) is 68.2 cm³/mol. The van der Waals surface area contributed by atoms with E-state index in [0.29, 0.717) is 4.47 Å². The van der Waals surface area contributed by atoms with Crippen LogP contribution in [0.3, 0.4) is 0 Å². The second kappa shape index (κ2) is 5.79. The van der Waals surface area contributed by atoms with Gasteiger partial charge in [0.15, 0.2) is 9.84 Å². The molecule has 0 saturated carbocycles. The number of benzene rings is 1. The van der Waals surface area contributed by atoms with E-state index < -0.39 is 20.4 Å². The minimum absolute atomic E-state index is 0.195. The van der Waals surface area contributed by atoms with Crippen molar-refractivity contribution in [3.8, 4) is 0 Å².